The van der Waals surface area contributed by atoms with Gasteiger partial charge in [-0.2, -0.15) is 10.1 Å². The first-order chi connectivity index (χ1) is 7.40. The van der Waals surface area contributed by atoms with Crippen LogP contribution in [0.5, 0.6) is 0 Å². The van der Waals surface area contributed by atoms with Crippen molar-refractivity contribution < 1.29 is 4.79 Å². The summed E-state index contributed by atoms with van der Waals surface area (Å²) in [7, 11) is 0. The molecule has 0 aliphatic rings. The SMILES string of the molecule is CC(C)(C)/C=N/N(C(=O)Cl)c1ccccc1. The summed E-state index contributed by atoms with van der Waals surface area (Å²) in [5, 5.41) is 4.65. The quantitative estimate of drug-likeness (QED) is 0.333. The maximum atomic E-state index is 11.2. The summed E-state index contributed by atoms with van der Waals surface area (Å²) in [4.78, 5) is 11.2. The molecule has 1 rings (SSSR count). The van der Waals surface area contributed by atoms with E-state index in [0.717, 1.165) is 0 Å². The van der Waals surface area contributed by atoms with Gasteiger partial charge in [-0.05, 0) is 29.1 Å². The first kappa shape index (κ1) is 12.7. The second kappa shape index (κ2) is 5.12. The van der Waals surface area contributed by atoms with E-state index in [1.54, 1.807) is 18.3 Å². The lowest BCUT2D eigenvalue weighted by atomic mass is 9.99. The lowest BCUT2D eigenvalue weighted by Crippen LogP contribution is -2.21. The van der Waals surface area contributed by atoms with Gasteiger partial charge in [-0.3, -0.25) is 4.79 Å². The number of hydrazone groups is 1. The number of benzene rings is 1. The van der Waals surface area contributed by atoms with Crippen molar-refractivity contribution in [3.05, 3.63) is 30.3 Å². The van der Waals surface area contributed by atoms with E-state index >= 15 is 0 Å². The molecule has 0 N–H and O–H groups in total. The number of nitrogens with zero attached hydrogens (tertiary/aromatic N) is 2. The van der Waals surface area contributed by atoms with E-state index in [-0.39, 0.29) is 5.41 Å². The smallest absolute Gasteiger partial charge is 0.253 e. The highest BCUT2D eigenvalue weighted by molar-refractivity contribution is 6.66. The number of anilines is 1. The van der Waals surface area contributed by atoms with Gasteiger partial charge in [0.25, 0.3) is 0 Å². The van der Waals surface area contributed by atoms with E-state index < -0.39 is 5.37 Å². The van der Waals surface area contributed by atoms with Crippen LogP contribution < -0.4 is 5.01 Å². The first-order valence-corrected chi connectivity index (χ1v) is 5.38. The van der Waals surface area contributed by atoms with Crippen LogP contribution >= 0.6 is 11.6 Å². The third kappa shape index (κ3) is 4.03. The van der Waals surface area contributed by atoms with Crippen LogP contribution in [0.3, 0.4) is 0 Å². The van der Waals surface area contributed by atoms with Gasteiger partial charge in [-0.1, -0.05) is 39.0 Å². The summed E-state index contributed by atoms with van der Waals surface area (Å²) in [5.74, 6) is 0. The molecule has 1 amide bonds. The van der Waals surface area contributed by atoms with E-state index in [4.69, 9.17) is 11.6 Å². The van der Waals surface area contributed by atoms with Crippen molar-refractivity contribution in [2.45, 2.75) is 20.8 Å². The Morgan fingerprint density at radius 2 is 1.88 bits per heavy atom. The second-order valence-electron chi connectivity index (χ2n) is 4.51. The molecule has 0 unspecified atom stereocenters. The minimum Gasteiger partial charge on any atom is -0.253 e. The molecule has 4 heteroatoms. The molecule has 0 aliphatic heterocycles. The summed E-state index contributed by atoms with van der Waals surface area (Å²) in [6.07, 6.45) is 1.69. The van der Waals surface area contributed by atoms with Crippen molar-refractivity contribution >= 4 is 28.9 Å². The molecule has 0 saturated heterocycles. The van der Waals surface area contributed by atoms with Gasteiger partial charge in [0.15, 0.2) is 0 Å². The van der Waals surface area contributed by atoms with Gasteiger partial charge < -0.3 is 0 Å². The number of hydrogen-bond donors (Lipinski definition) is 0. The Morgan fingerprint density at radius 1 is 1.31 bits per heavy atom. The molecule has 3 nitrogen and oxygen atoms in total. The first-order valence-electron chi connectivity index (χ1n) is 5.00. The Hall–Kier alpha value is -1.35. The van der Waals surface area contributed by atoms with E-state index in [0.29, 0.717) is 5.69 Å². The van der Waals surface area contributed by atoms with Gasteiger partial charge in [0.1, 0.15) is 0 Å². The molecule has 86 valence electrons. The Kier molecular flexibility index (Phi) is 4.07. The van der Waals surface area contributed by atoms with E-state index in [9.17, 15) is 4.79 Å². The molecular formula is C12H15ClN2O. The highest BCUT2D eigenvalue weighted by Crippen LogP contribution is 2.17. The van der Waals surface area contributed by atoms with Crippen LogP contribution in [0.15, 0.2) is 35.4 Å². The molecule has 0 spiro atoms. The van der Waals surface area contributed by atoms with Gasteiger partial charge in [-0.25, -0.2) is 0 Å². The fourth-order valence-electron chi connectivity index (χ4n) is 1.01. The standard InChI is InChI=1S/C12H15ClN2O/c1-12(2,3)9-14-15(11(13)16)10-7-5-4-6-8-10/h4-9H,1-3H3/b14-9+. The monoisotopic (exact) mass is 238 g/mol. The van der Waals surface area contributed by atoms with Crippen molar-refractivity contribution in [3.8, 4) is 0 Å². The number of amides is 1. The molecule has 16 heavy (non-hydrogen) atoms. The molecule has 0 saturated carbocycles. The maximum Gasteiger partial charge on any atom is 0.341 e. The van der Waals surface area contributed by atoms with Crippen LogP contribution in [0.2, 0.25) is 0 Å². The highest BCUT2D eigenvalue weighted by atomic mass is 35.5. The van der Waals surface area contributed by atoms with Gasteiger partial charge >= 0.3 is 5.37 Å². The zero-order valence-corrected chi connectivity index (χ0v) is 10.4. The number of carbonyl (C=O) groups excluding carboxylic acids is 1. The van der Waals surface area contributed by atoms with Crippen molar-refractivity contribution in [2.75, 3.05) is 5.01 Å². The Balaban J connectivity index is 2.94. The zero-order chi connectivity index (χ0) is 12.2. The molecule has 0 radical (unpaired) electrons. The Morgan fingerprint density at radius 3 is 2.31 bits per heavy atom. The second-order valence-corrected chi connectivity index (χ2v) is 4.83. The van der Waals surface area contributed by atoms with Gasteiger partial charge in [0, 0.05) is 6.21 Å². The van der Waals surface area contributed by atoms with E-state index in [2.05, 4.69) is 5.10 Å². The number of carbonyl (C=O) groups is 1. The van der Waals surface area contributed by atoms with Crippen LogP contribution in [0.25, 0.3) is 0 Å². The van der Waals surface area contributed by atoms with Crippen molar-refractivity contribution in [3.63, 3.8) is 0 Å². The third-order valence-corrected chi connectivity index (χ3v) is 1.89. The summed E-state index contributed by atoms with van der Waals surface area (Å²) in [6, 6.07) is 9.08. The van der Waals surface area contributed by atoms with Crippen molar-refractivity contribution in [2.24, 2.45) is 10.5 Å². The maximum absolute atomic E-state index is 11.2. The molecule has 0 aliphatic carbocycles. The summed E-state index contributed by atoms with van der Waals surface area (Å²) < 4.78 is 0. The average molecular weight is 239 g/mol. The third-order valence-electron chi connectivity index (χ3n) is 1.73. The molecule has 1 aromatic rings. The molecule has 0 aromatic heterocycles. The minimum atomic E-state index is -0.619. The van der Waals surface area contributed by atoms with Crippen LogP contribution in [-0.2, 0) is 0 Å². The van der Waals surface area contributed by atoms with Crippen molar-refractivity contribution in [1.82, 2.24) is 0 Å². The lowest BCUT2D eigenvalue weighted by molar-refractivity contribution is 0.264. The Labute approximate surface area is 101 Å². The molecule has 1 aromatic carbocycles. The van der Waals surface area contributed by atoms with E-state index in [1.807, 2.05) is 39.0 Å². The molecule has 0 heterocycles. The lowest BCUT2D eigenvalue weighted by Gasteiger charge is -2.16. The fourth-order valence-corrected chi connectivity index (χ4v) is 1.15. The predicted octanol–water partition coefficient (Wildman–Crippen LogP) is 3.88. The number of halogens is 1. The molecule has 0 bridgehead atoms. The number of hydrogen-bond acceptors (Lipinski definition) is 2. The van der Waals surface area contributed by atoms with Crippen LogP contribution in [0.4, 0.5) is 10.5 Å². The topological polar surface area (TPSA) is 32.7 Å². The number of para-hydroxylation sites is 1. The molecule has 0 fully saturated rings. The average Bonchev–Trinajstić information content (AvgIpc) is 2.17. The molecular weight excluding hydrogens is 224 g/mol. The van der Waals surface area contributed by atoms with Gasteiger partial charge in [0.2, 0.25) is 0 Å². The summed E-state index contributed by atoms with van der Waals surface area (Å²) >= 11 is 5.48. The fraction of sp³-hybridized carbons (Fsp3) is 0.333. The molecule has 0 atom stereocenters. The minimum absolute atomic E-state index is 0.0978. The van der Waals surface area contributed by atoms with E-state index in [1.165, 1.54) is 5.01 Å². The Bertz CT molecular complexity index is 382. The highest BCUT2D eigenvalue weighted by Gasteiger charge is 2.13. The normalized spacial score (nSPS) is 11.8. The summed E-state index contributed by atoms with van der Waals surface area (Å²) in [5.41, 5.74) is 0.558. The predicted molar refractivity (Wildman–Crippen MR) is 68.1 cm³/mol. The van der Waals surface area contributed by atoms with Gasteiger partial charge in [0.05, 0.1) is 5.69 Å². The van der Waals surface area contributed by atoms with Crippen LogP contribution in [0, 0.1) is 5.41 Å². The zero-order valence-electron chi connectivity index (χ0n) is 9.64. The van der Waals surface area contributed by atoms with Crippen LogP contribution in [-0.4, -0.2) is 11.6 Å². The van der Waals surface area contributed by atoms with Crippen molar-refractivity contribution in [1.29, 1.82) is 0 Å². The number of rotatable bonds is 2. The largest absolute Gasteiger partial charge is 0.341 e. The van der Waals surface area contributed by atoms with Gasteiger partial charge in [-0.15, -0.1) is 0 Å². The summed E-state index contributed by atoms with van der Waals surface area (Å²) in [6.45, 7) is 6.00. The van der Waals surface area contributed by atoms with Crippen LogP contribution in [0.1, 0.15) is 20.8 Å².